The molecule has 1 fully saturated rings. The highest BCUT2D eigenvalue weighted by Crippen LogP contribution is 2.29. The Morgan fingerprint density at radius 1 is 0.926 bits per heavy atom. The summed E-state index contributed by atoms with van der Waals surface area (Å²) >= 11 is 12.2. The summed E-state index contributed by atoms with van der Waals surface area (Å²) in [6.07, 6.45) is 4.34. The monoisotopic (exact) mass is 403 g/mol. The van der Waals surface area contributed by atoms with E-state index in [1.54, 1.807) is 18.2 Å². The third kappa shape index (κ3) is 6.08. The van der Waals surface area contributed by atoms with Gasteiger partial charge in [0, 0.05) is 32.7 Å². The molecule has 0 aliphatic carbocycles. The standard InChI is InChI=1S/C21H23Cl2N3O/c22-18-9-4-10-19(23)21(18)24-20(27)16-26-14-12-25(13-15-26)11-5-8-17-6-2-1-3-7-17/h1-10H,11-16H2,(H,24,27). The SMILES string of the molecule is O=C(CN1CCN(CC=Cc2ccccc2)CC1)Nc1c(Cl)cccc1Cl. The summed E-state index contributed by atoms with van der Waals surface area (Å²) < 4.78 is 0. The molecule has 0 bridgehead atoms. The van der Waals surface area contributed by atoms with Crippen LogP contribution >= 0.6 is 23.2 Å². The minimum Gasteiger partial charge on any atom is -0.322 e. The van der Waals surface area contributed by atoms with Crippen LogP contribution in [-0.2, 0) is 4.79 Å². The highest BCUT2D eigenvalue weighted by Gasteiger charge is 2.19. The number of nitrogens with one attached hydrogen (secondary N) is 1. The Morgan fingerprint density at radius 3 is 2.22 bits per heavy atom. The Balaban J connectivity index is 1.41. The third-order valence-electron chi connectivity index (χ3n) is 4.53. The van der Waals surface area contributed by atoms with Crippen LogP contribution in [0.5, 0.6) is 0 Å². The molecular formula is C21H23Cl2N3O. The van der Waals surface area contributed by atoms with Gasteiger partial charge in [0.2, 0.25) is 5.91 Å². The number of amides is 1. The van der Waals surface area contributed by atoms with Gasteiger partial charge in [-0.15, -0.1) is 0 Å². The van der Waals surface area contributed by atoms with Crippen molar-refractivity contribution in [2.45, 2.75) is 0 Å². The summed E-state index contributed by atoms with van der Waals surface area (Å²) in [6, 6.07) is 15.5. The number of hydrogen-bond acceptors (Lipinski definition) is 3. The maximum absolute atomic E-state index is 12.3. The first-order chi connectivity index (χ1) is 13.1. The fourth-order valence-electron chi connectivity index (χ4n) is 3.03. The Bertz CT molecular complexity index is 767. The molecule has 0 spiro atoms. The maximum Gasteiger partial charge on any atom is 0.238 e. The fourth-order valence-corrected chi connectivity index (χ4v) is 3.52. The Labute approximate surface area is 170 Å². The van der Waals surface area contributed by atoms with Gasteiger partial charge in [0.1, 0.15) is 0 Å². The zero-order valence-corrected chi connectivity index (χ0v) is 16.6. The molecule has 1 amide bonds. The molecule has 0 unspecified atom stereocenters. The van der Waals surface area contributed by atoms with Gasteiger partial charge < -0.3 is 5.32 Å². The number of halogens is 2. The van der Waals surface area contributed by atoms with Crippen LogP contribution in [0.15, 0.2) is 54.6 Å². The fraction of sp³-hybridized carbons (Fsp3) is 0.286. The van der Waals surface area contributed by atoms with E-state index in [1.165, 1.54) is 5.56 Å². The van der Waals surface area contributed by atoms with Crippen LogP contribution in [0.1, 0.15) is 5.56 Å². The van der Waals surface area contributed by atoms with Crippen molar-refractivity contribution in [1.82, 2.24) is 9.80 Å². The number of carbonyl (C=O) groups is 1. The maximum atomic E-state index is 12.3. The van der Waals surface area contributed by atoms with E-state index in [0.29, 0.717) is 22.3 Å². The second-order valence-corrected chi connectivity index (χ2v) is 7.35. The predicted octanol–water partition coefficient (Wildman–Crippen LogP) is 4.26. The van der Waals surface area contributed by atoms with Crippen LogP contribution in [0.25, 0.3) is 6.08 Å². The minimum absolute atomic E-state index is 0.0950. The second kappa shape index (κ2) is 9.90. The van der Waals surface area contributed by atoms with Gasteiger partial charge in [-0.05, 0) is 17.7 Å². The molecule has 6 heteroatoms. The van der Waals surface area contributed by atoms with E-state index in [-0.39, 0.29) is 5.91 Å². The molecule has 3 rings (SSSR count). The summed E-state index contributed by atoms with van der Waals surface area (Å²) in [7, 11) is 0. The molecule has 142 valence electrons. The normalized spacial score (nSPS) is 15.9. The molecule has 2 aromatic carbocycles. The molecule has 2 aromatic rings. The molecule has 1 aliphatic rings. The van der Waals surface area contributed by atoms with E-state index in [0.717, 1.165) is 32.7 Å². The number of anilines is 1. The lowest BCUT2D eigenvalue weighted by molar-refractivity contribution is -0.117. The van der Waals surface area contributed by atoms with Crippen LogP contribution in [0.3, 0.4) is 0 Å². The molecule has 27 heavy (non-hydrogen) atoms. The largest absolute Gasteiger partial charge is 0.322 e. The van der Waals surface area contributed by atoms with Gasteiger partial charge in [0.15, 0.2) is 0 Å². The number of rotatable bonds is 6. The van der Waals surface area contributed by atoms with Crippen LogP contribution < -0.4 is 5.32 Å². The van der Waals surface area contributed by atoms with Crippen molar-refractivity contribution in [1.29, 1.82) is 0 Å². The lowest BCUT2D eigenvalue weighted by atomic mass is 10.2. The number of para-hydroxylation sites is 1. The summed E-state index contributed by atoms with van der Waals surface area (Å²) in [5.41, 5.74) is 1.70. The number of nitrogens with zero attached hydrogens (tertiary/aromatic N) is 2. The van der Waals surface area contributed by atoms with Crippen molar-refractivity contribution >= 4 is 40.9 Å². The summed E-state index contributed by atoms with van der Waals surface area (Å²) in [4.78, 5) is 16.8. The molecule has 0 radical (unpaired) electrons. The van der Waals surface area contributed by atoms with E-state index in [4.69, 9.17) is 23.2 Å². The first-order valence-corrected chi connectivity index (χ1v) is 9.77. The van der Waals surface area contributed by atoms with E-state index >= 15 is 0 Å². The average Bonchev–Trinajstić information content (AvgIpc) is 2.67. The zero-order valence-electron chi connectivity index (χ0n) is 15.1. The molecule has 1 saturated heterocycles. The van der Waals surface area contributed by atoms with Crippen molar-refractivity contribution in [2.24, 2.45) is 0 Å². The molecular weight excluding hydrogens is 381 g/mol. The summed E-state index contributed by atoms with van der Waals surface area (Å²) in [5, 5.41) is 3.72. The Hall–Kier alpha value is -1.85. The van der Waals surface area contributed by atoms with Crippen molar-refractivity contribution in [3.8, 4) is 0 Å². The third-order valence-corrected chi connectivity index (χ3v) is 5.16. The van der Waals surface area contributed by atoms with Gasteiger partial charge in [0.05, 0.1) is 22.3 Å². The average molecular weight is 404 g/mol. The van der Waals surface area contributed by atoms with Crippen molar-refractivity contribution in [3.63, 3.8) is 0 Å². The first-order valence-electron chi connectivity index (χ1n) is 9.02. The van der Waals surface area contributed by atoms with Gasteiger partial charge in [0.25, 0.3) is 0 Å². The number of hydrogen-bond donors (Lipinski definition) is 1. The van der Waals surface area contributed by atoms with Crippen molar-refractivity contribution < 1.29 is 4.79 Å². The van der Waals surface area contributed by atoms with Gasteiger partial charge in [-0.2, -0.15) is 0 Å². The lowest BCUT2D eigenvalue weighted by Gasteiger charge is -2.33. The molecule has 1 aliphatic heterocycles. The molecule has 0 atom stereocenters. The molecule has 0 aromatic heterocycles. The predicted molar refractivity (Wildman–Crippen MR) is 113 cm³/mol. The highest BCUT2D eigenvalue weighted by atomic mass is 35.5. The highest BCUT2D eigenvalue weighted by molar-refractivity contribution is 6.39. The van der Waals surface area contributed by atoms with E-state index in [9.17, 15) is 4.79 Å². The number of piperazine rings is 1. The Morgan fingerprint density at radius 2 is 1.56 bits per heavy atom. The second-order valence-electron chi connectivity index (χ2n) is 6.53. The van der Waals surface area contributed by atoms with Gasteiger partial charge in [-0.1, -0.05) is 71.8 Å². The number of carbonyl (C=O) groups excluding carboxylic acids is 1. The van der Waals surface area contributed by atoms with E-state index in [2.05, 4.69) is 39.4 Å². The van der Waals surface area contributed by atoms with Crippen molar-refractivity contribution in [3.05, 3.63) is 70.2 Å². The van der Waals surface area contributed by atoms with E-state index < -0.39 is 0 Å². The lowest BCUT2D eigenvalue weighted by Crippen LogP contribution is -2.48. The summed E-state index contributed by atoms with van der Waals surface area (Å²) in [5.74, 6) is -0.0950. The van der Waals surface area contributed by atoms with Gasteiger partial charge >= 0.3 is 0 Å². The van der Waals surface area contributed by atoms with Gasteiger partial charge in [-0.25, -0.2) is 0 Å². The summed E-state index contributed by atoms with van der Waals surface area (Å²) in [6.45, 7) is 4.88. The topological polar surface area (TPSA) is 35.6 Å². The van der Waals surface area contributed by atoms with Crippen LogP contribution in [0, 0.1) is 0 Å². The smallest absolute Gasteiger partial charge is 0.238 e. The minimum atomic E-state index is -0.0950. The van der Waals surface area contributed by atoms with E-state index in [1.807, 2.05) is 18.2 Å². The molecule has 1 N–H and O–H groups in total. The van der Waals surface area contributed by atoms with Crippen LogP contribution in [-0.4, -0.2) is 55.0 Å². The Kier molecular flexibility index (Phi) is 7.30. The van der Waals surface area contributed by atoms with Crippen LogP contribution in [0.2, 0.25) is 10.0 Å². The van der Waals surface area contributed by atoms with Crippen LogP contribution in [0.4, 0.5) is 5.69 Å². The number of benzene rings is 2. The van der Waals surface area contributed by atoms with Crippen molar-refractivity contribution in [2.75, 3.05) is 44.6 Å². The molecule has 0 saturated carbocycles. The first kappa shape index (κ1) is 19.9. The van der Waals surface area contributed by atoms with Gasteiger partial charge in [-0.3, -0.25) is 14.6 Å². The zero-order chi connectivity index (χ0) is 19.1. The molecule has 1 heterocycles. The molecule has 4 nitrogen and oxygen atoms in total. The quantitative estimate of drug-likeness (QED) is 0.782.